The van der Waals surface area contributed by atoms with Gasteiger partial charge in [0, 0.05) is 6.20 Å². The van der Waals surface area contributed by atoms with Crippen molar-refractivity contribution in [2.24, 2.45) is 0 Å². The molecule has 1 aromatic carbocycles. The lowest BCUT2D eigenvalue weighted by molar-refractivity contribution is 0.0698. The minimum Gasteiger partial charge on any atom is -0.478 e. The lowest BCUT2D eigenvalue weighted by atomic mass is 10.2. The van der Waals surface area contributed by atoms with Crippen LogP contribution in [0.4, 0.5) is 0 Å². The Kier molecular flexibility index (Phi) is 2.35. The zero-order chi connectivity index (χ0) is 13.6. The van der Waals surface area contributed by atoms with Crippen molar-refractivity contribution in [1.29, 1.82) is 0 Å². The minimum atomic E-state index is -1.09. The quantitative estimate of drug-likeness (QED) is 0.673. The number of aryl methyl sites for hydroxylation is 1. The number of carboxylic acids is 1. The van der Waals surface area contributed by atoms with Crippen LogP contribution >= 0.6 is 0 Å². The van der Waals surface area contributed by atoms with E-state index in [-0.39, 0.29) is 16.8 Å². The molecule has 94 valence electrons. The molecule has 3 aromatic rings. The summed E-state index contributed by atoms with van der Waals surface area (Å²) in [5, 5.41) is 9.69. The van der Waals surface area contributed by atoms with Gasteiger partial charge in [-0.25, -0.2) is 9.78 Å². The van der Waals surface area contributed by atoms with E-state index in [2.05, 4.69) is 4.98 Å². The van der Waals surface area contributed by atoms with Crippen molar-refractivity contribution in [3.8, 4) is 0 Å². The zero-order valence-corrected chi connectivity index (χ0v) is 10.1. The fourth-order valence-corrected chi connectivity index (χ4v) is 2.15. The molecule has 2 heterocycles. The molecule has 0 bridgehead atoms. The number of hydrogen-bond donors (Lipinski definition) is 1. The van der Waals surface area contributed by atoms with Gasteiger partial charge in [0.1, 0.15) is 5.56 Å². The molecule has 0 aliphatic heterocycles. The van der Waals surface area contributed by atoms with E-state index in [1.165, 1.54) is 10.5 Å². The fourth-order valence-electron chi connectivity index (χ4n) is 2.15. The molecule has 0 spiro atoms. The van der Waals surface area contributed by atoms with E-state index in [0.717, 1.165) is 0 Å². The third-order valence-electron chi connectivity index (χ3n) is 2.98. The normalized spacial score (nSPS) is 11.0. The topological polar surface area (TPSA) is 71.7 Å². The van der Waals surface area contributed by atoms with Gasteiger partial charge >= 0.3 is 5.97 Å². The van der Waals surface area contributed by atoms with Gasteiger partial charge in [-0.05, 0) is 30.7 Å². The molecular weight excluding hydrogens is 244 g/mol. The number of nitrogens with zero attached hydrogens (tertiary/aromatic N) is 2. The number of hydrogen-bond acceptors (Lipinski definition) is 3. The summed E-state index contributed by atoms with van der Waals surface area (Å²) in [7, 11) is 0. The molecule has 0 saturated carbocycles. The lowest BCUT2D eigenvalue weighted by Crippen LogP contribution is -2.18. The summed E-state index contributed by atoms with van der Waals surface area (Å²) in [6, 6.07) is 8.41. The molecular formula is C14H10N2O3. The maximum absolute atomic E-state index is 12.3. The molecule has 0 amide bonds. The lowest BCUT2D eigenvalue weighted by Gasteiger charge is -2.07. The summed E-state index contributed by atoms with van der Waals surface area (Å²) in [6.45, 7) is 1.74. The summed E-state index contributed by atoms with van der Waals surface area (Å²) in [5.74, 6) is -1.09. The molecule has 19 heavy (non-hydrogen) atoms. The Morgan fingerprint density at radius 2 is 2.05 bits per heavy atom. The minimum absolute atomic E-state index is 0.0304. The Hall–Kier alpha value is -2.69. The van der Waals surface area contributed by atoms with Crippen LogP contribution in [0.2, 0.25) is 0 Å². The molecule has 0 aliphatic rings. The van der Waals surface area contributed by atoms with E-state index < -0.39 is 5.97 Å². The largest absolute Gasteiger partial charge is 0.478 e. The first-order valence-electron chi connectivity index (χ1n) is 5.73. The van der Waals surface area contributed by atoms with Crippen molar-refractivity contribution < 1.29 is 9.90 Å². The summed E-state index contributed by atoms with van der Waals surface area (Å²) in [4.78, 5) is 27.9. The van der Waals surface area contributed by atoms with Crippen molar-refractivity contribution in [1.82, 2.24) is 9.38 Å². The molecule has 3 rings (SSSR count). The van der Waals surface area contributed by atoms with Crippen LogP contribution in [0.25, 0.3) is 16.6 Å². The number of aromatic nitrogens is 2. The van der Waals surface area contributed by atoms with Crippen LogP contribution in [-0.2, 0) is 0 Å². The monoisotopic (exact) mass is 254 g/mol. The van der Waals surface area contributed by atoms with Crippen LogP contribution in [0.15, 0.2) is 41.3 Å². The number of fused-ring (bicyclic) bond motifs is 2. The Morgan fingerprint density at radius 1 is 1.32 bits per heavy atom. The molecule has 0 aliphatic carbocycles. The summed E-state index contributed by atoms with van der Waals surface area (Å²) >= 11 is 0. The van der Waals surface area contributed by atoms with E-state index in [0.29, 0.717) is 16.5 Å². The van der Waals surface area contributed by atoms with Crippen LogP contribution in [-0.4, -0.2) is 20.5 Å². The van der Waals surface area contributed by atoms with E-state index in [1.54, 1.807) is 37.4 Å². The van der Waals surface area contributed by atoms with Gasteiger partial charge in [-0.1, -0.05) is 12.1 Å². The molecule has 0 saturated heterocycles. The zero-order valence-electron chi connectivity index (χ0n) is 10.1. The summed E-state index contributed by atoms with van der Waals surface area (Å²) in [5.41, 5.74) is 1.14. The fraction of sp³-hybridized carbons (Fsp3) is 0.0714. The number of pyridine rings is 1. The Morgan fingerprint density at radius 3 is 2.79 bits per heavy atom. The van der Waals surface area contributed by atoms with Crippen molar-refractivity contribution in [2.45, 2.75) is 6.92 Å². The second-order valence-corrected chi connectivity index (χ2v) is 4.36. The second-order valence-electron chi connectivity index (χ2n) is 4.36. The first kappa shape index (κ1) is 11.4. The third-order valence-corrected chi connectivity index (χ3v) is 2.98. The molecule has 0 radical (unpaired) electrons. The first-order chi connectivity index (χ1) is 9.08. The van der Waals surface area contributed by atoms with Gasteiger partial charge in [-0.15, -0.1) is 0 Å². The number of para-hydroxylation sites is 1. The Bertz CT molecular complexity index is 881. The number of carboxylic acid groups (broad SMARTS) is 1. The SMILES string of the molecule is Cc1cc(C(=O)O)c2nc3ccccc3c(=O)n2c1. The standard InChI is InChI=1S/C14H10N2O3/c1-8-6-10(14(18)19)12-15-11-5-3-2-4-9(11)13(17)16(12)7-8/h2-7H,1H3,(H,18,19). The van der Waals surface area contributed by atoms with Gasteiger partial charge in [0.2, 0.25) is 0 Å². The smallest absolute Gasteiger partial charge is 0.339 e. The molecule has 0 atom stereocenters. The summed E-state index contributed by atoms with van der Waals surface area (Å²) < 4.78 is 1.29. The van der Waals surface area contributed by atoms with Crippen LogP contribution in [0.5, 0.6) is 0 Å². The van der Waals surface area contributed by atoms with E-state index in [1.807, 2.05) is 0 Å². The molecule has 2 aromatic heterocycles. The molecule has 5 heteroatoms. The number of rotatable bonds is 1. The van der Waals surface area contributed by atoms with Crippen molar-refractivity contribution in [3.05, 3.63) is 58.0 Å². The van der Waals surface area contributed by atoms with E-state index in [9.17, 15) is 14.7 Å². The highest BCUT2D eigenvalue weighted by molar-refractivity contribution is 5.95. The average molecular weight is 254 g/mol. The van der Waals surface area contributed by atoms with Gasteiger partial charge in [-0.3, -0.25) is 9.20 Å². The predicted molar refractivity (Wildman–Crippen MR) is 70.7 cm³/mol. The number of benzene rings is 1. The number of aromatic carboxylic acids is 1. The maximum atomic E-state index is 12.3. The third kappa shape index (κ3) is 1.67. The van der Waals surface area contributed by atoms with Crippen LogP contribution < -0.4 is 5.56 Å². The van der Waals surface area contributed by atoms with Crippen molar-refractivity contribution >= 4 is 22.5 Å². The molecule has 0 unspecified atom stereocenters. The van der Waals surface area contributed by atoms with Crippen LogP contribution in [0.1, 0.15) is 15.9 Å². The van der Waals surface area contributed by atoms with Crippen molar-refractivity contribution in [2.75, 3.05) is 0 Å². The summed E-state index contributed by atoms with van der Waals surface area (Å²) in [6.07, 6.45) is 1.60. The predicted octanol–water partition coefficient (Wildman–Crippen LogP) is 1.85. The highest BCUT2D eigenvalue weighted by atomic mass is 16.4. The van der Waals surface area contributed by atoms with Crippen LogP contribution in [0.3, 0.4) is 0 Å². The Balaban J connectivity index is 2.61. The molecule has 5 nitrogen and oxygen atoms in total. The van der Waals surface area contributed by atoms with Crippen LogP contribution in [0, 0.1) is 6.92 Å². The van der Waals surface area contributed by atoms with Crippen molar-refractivity contribution in [3.63, 3.8) is 0 Å². The van der Waals surface area contributed by atoms with Gasteiger partial charge < -0.3 is 5.11 Å². The second kappa shape index (κ2) is 3.91. The Labute approximate surface area is 107 Å². The average Bonchev–Trinajstić information content (AvgIpc) is 2.39. The van der Waals surface area contributed by atoms with E-state index >= 15 is 0 Å². The van der Waals surface area contributed by atoms with Gasteiger partial charge in [0.25, 0.3) is 5.56 Å². The molecule has 1 N–H and O–H groups in total. The molecule has 0 fully saturated rings. The van der Waals surface area contributed by atoms with E-state index in [4.69, 9.17) is 0 Å². The first-order valence-corrected chi connectivity index (χ1v) is 5.73. The number of carbonyl (C=O) groups is 1. The highest BCUT2D eigenvalue weighted by Gasteiger charge is 2.14. The van der Waals surface area contributed by atoms with Gasteiger partial charge in [0.15, 0.2) is 5.65 Å². The van der Waals surface area contributed by atoms with Gasteiger partial charge in [0.05, 0.1) is 10.9 Å². The highest BCUT2D eigenvalue weighted by Crippen LogP contribution is 2.14. The maximum Gasteiger partial charge on any atom is 0.339 e. The van der Waals surface area contributed by atoms with Gasteiger partial charge in [-0.2, -0.15) is 0 Å².